The fourth-order valence-electron chi connectivity index (χ4n) is 2.86. The number of rotatable bonds is 3. The first-order valence-electron chi connectivity index (χ1n) is 7.45. The zero-order valence-electron chi connectivity index (χ0n) is 12.6. The maximum Gasteiger partial charge on any atom is 0.469 e. The highest BCUT2D eigenvalue weighted by Crippen LogP contribution is 2.41. The number of hydrogen-bond donors (Lipinski definition) is 2. The van der Waals surface area contributed by atoms with Crippen molar-refractivity contribution in [1.29, 1.82) is 0 Å². The molecule has 0 fully saturated rings. The molecule has 24 heavy (non-hydrogen) atoms. The van der Waals surface area contributed by atoms with Crippen molar-refractivity contribution in [2.24, 2.45) is 0 Å². The molecule has 1 atom stereocenters. The highest BCUT2D eigenvalue weighted by atomic mass is 31.2. The molecule has 0 bridgehead atoms. The van der Waals surface area contributed by atoms with Gasteiger partial charge in [0.1, 0.15) is 6.61 Å². The molecule has 0 aliphatic carbocycles. The van der Waals surface area contributed by atoms with Gasteiger partial charge in [0.25, 0.3) is 0 Å². The van der Waals surface area contributed by atoms with Crippen LogP contribution < -0.4 is 9.47 Å². The SMILES string of the molecule is O=P(O)(O)OCC1COc2c(ccc3cc4ccccc4cc23)O1. The van der Waals surface area contributed by atoms with E-state index in [2.05, 4.69) is 22.7 Å². The van der Waals surface area contributed by atoms with Gasteiger partial charge in [0.2, 0.25) is 0 Å². The molecule has 2 N–H and O–H groups in total. The van der Waals surface area contributed by atoms with Crippen molar-refractivity contribution < 1.29 is 28.3 Å². The molecule has 0 amide bonds. The third-order valence-corrected chi connectivity index (χ3v) is 4.42. The van der Waals surface area contributed by atoms with E-state index in [1.807, 2.05) is 24.3 Å². The number of phosphoric acid groups is 1. The highest BCUT2D eigenvalue weighted by molar-refractivity contribution is 7.46. The summed E-state index contributed by atoms with van der Waals surface area (Å²) in [7, 11) is -4.52. The van der Waals surface area contributed by atoms with Crippen molar-refractivity contribution in [3.8, 4) is 11.5 Å². The van der Waals surface area contributed by atoms with Gasteiger partial charge < -0.3 is 19.3 Å². The highest BCUT2D eigenvalue weighted by Gasteiger charge is 2.26. The molecule has 124 valence electrons. The molecule has 0 radical (unpaired) electrons. The Morgan fingerprint density at radius 2 is 1.83 bits per heavy atom. The minimum Gasteiger partial charge on any atom is -0.485 e. The largest absolute Gasteiger partial charge is 0.485 e. The van der Waals surface area contributed by atoms with Gasteiger partial charge in [-0.05, 0) is 34.4 Å². The minimum absolute atomic E-state index is 0.166. The molecule has 0 aromatic heterocycles. The van der Waals surface area contributed by atoms with Gasteiger partial charge in [-0.15, -0.1) is 0 Å². The van der Waals surface area contributed by atoms with Crippen LogP contribution in [0.5, 0.6) is 11.5 Å². The van der Waals surface area contributed by atoms with E-state index in [-0.39, 0.29) is 13.2 Å². The fraction of sp³-hybridized carbons (Fsp3) is 0.176. The van der Waals surface area contributed by atoms with Crippen molar-refractivity contribution in [3.05, 3.63) is 48.5 Å². The zero-order chi connectivity index (χ0) is 16.7. The summed E-state index contributed by atoms with van der Waals surface area (Å²) in [5.41, 5.74) is 0. The van der Waals surface area contributed by atoms with Gasteiger partial charge in [0.05, 0.1) is 6.61 Å². The van der Waals surface area contributed by atoms with E-state index in [1.54, 1.807) is 6.07 Å². The molecule has 4 rings (SSSR count). The van der Waals surface area contributed by atoms with Crippen LogP contribution in [-0.4, -0.2) is 29.1 Å². The molecule has 0 spiro atoms. The molecular weight excluding hydrogens is 331 g/mol. The second-order valence-electron chi connectivity index (χ2n) is 5.65. The lowest BCUT2D eigenvalue weighted by Gasteiger charge is -2.27. The summed E-state index contributed by atoms with van der Waals surface area (Å²) < 4.78 is 26.8. The summed E-state index contributed by atoms with van der Waals surface area (Å²) in [6.45, 7) is -0.0710. The molecule has 3 aromatic carbocycles. The van der Waals surface area contributed by atoms with Crippen molar-refractivity contribution in [2.45, 2.75) is 6.10 Å². The first-order chi connectivity index (χ1) is 11.5. The maximum absolute atomic E-state index is 10.8. The Kier molecular flexibility index (Phi) is 3.70. The van der Waals surface area contributed by atoms with Crippen LogP contribution in [0.2, 0.25) is 0 Å². The monoisotopic (exact) mass is 346 g/mol. The molecule has 0 saturated carbocycles. The van der Waals surface area contributed by atoms with E-state index < -0.39 is 13.9 Å². The van der Waals surface area contributed by atoms with Crippen LogP contribution in [0.1, 0.15) is 0 Å². The summed E-state index contributed by atoms with van der Waals surface area (Å²) >= 11 is 0. The number of phosphoric ester groups is 1. The van der Waals surface area contributed by atoms with E-state index in [4.69, 9.17) is 19.3 Å². The quantitative estimate of drug-likeness (QED) is 0.559. The summed E-state index contributed by atoms with van der Waals surface area (Å²) in [5, 5.41) is 4.24. The van der Waals surface area contributed by atoms with Gasteiger partial charge in [-0.3, -0.25) is 4.52 Å². The topological polar surface area (TPSA) is 85.2 Å². The van der Waals surface area contributed by atoms with E-state index in [1.165, 1.54) is 0 Å². The van der Waals surface area contributed by atoms with Gasteiger partial charge in [-0.2, -0.15) is 0 Å². The standard InChI is InChI=1S/C17H15O6P/c18-24(19,20)22-10-14-9-21-17-15-8-12-4-2-1-3-11(12)7-13(15)5-6-16(17)23-14/h1-8,14H,9-10H2,(H2,18,19,20). The number of hydrogen-bond acceptors (Lipinski definition) is 4. The van der Waals surface area contributed by atoms with Crippen LogP contribution >= 0.6 is 7.82 Å². The molecule has 6 nitrogen and oxygen atoms in total. The normalized spacial score (nSPS) is 17.3. The average molecular weight is 346 g/mol. The Hall–Kier alpha value is -2.11. The lowest BCUT2D eigenvalue weighted by atomic mass is 10.0. The van der Waals surface area contributed by atoms with Crippen molar-refractivity contribution in [3.63, 3.8) is 0 Å². The Morgan fingerprint density at radius 3 is 2.58 bits per heavy atom. The number of fused-ring (bicyclic) bond motifs is 4. The van der Waals surface area contributed by atoms with Gasteiger partial charge in [0, 0.05) is 5.39 Å². The number of benzene rings is 3. The summed E-state index contributed by atoms with van der Waals surface area (Å²) in [6, 6.07) is 16.0. The first kappa shape index (κ1) is 15.4. The third kappa shape index (κ3) is 2.97. The molecular formula is C17H15O6P. The van der Waals surface area contributed by atoms with Crippen molar-refractivity contribution in [2.75, 3.05) is 13.2 Å². The molecule has 1 unspecified atom stereocenters. The Morgan fingerprint density at radius 1 is 1.08 bits per heavy atom. The lowest BCUT2D eigenvalue weighted by molar-refractivity contribution is 0.0437. The average Bonchev–Trinajstić information content (AvgIpc) is 2.57. The summed E-state index contributed by atoms with van der Waals surface area (Å²) in [4.78, 5) is 17.6. The smallest absolute Gasteiger partial charge is 0.469 e. The Balaban J connectivity index is 1.69. The lowest BCUT2D eigenvalue weighted by Crippen LogP contribution is -2.33. The number of ether oxygens (including phenoxy) is 2. The van der Waals surface area contributed by atoms with Gasteiger partial charge >= 0.3 is 7.82 Å². The van der Waals surface area contributed by atoms with Crippen LogP contribution in [-0.2, 0) is 9.09 Å². The van der Waals surface area contributed by atoms with Gasteiger partial charge in [-0.1, -0.05) is 30.3 Å². The predicted molar refractivity (Wildman–Crippen MR) is 89.4 cm³/mol. The molecule has 1 aliphatic heterocycles. The fourth-order valence-corrected chi connectivity index (χ4v) is 3.22. The minimum atomic E-state index is -4.52. The van der Waals surface area contributed by atoms with E-state index in [0.717, 1.165) is 21.5 Å². The van der Waals surface area contributed by atoms with Crippen LogP contribution in [0.25, 0.3) is 21.5 Å². The maximum atomic E-state index is 10.8. The second-order valence-corrected chi connectivity index (χ2v) is 6.89. The predicted octanol–water partition coefficient (Wildman–Crippen LogP) is 3.24. The third-order valence-electron chi connectivity index (χ3n) is 3.94. The van der Waals surface area contributed by atoms with Crippen molar-refractivity contribution >= 4 is 29.4 Å². The van der Waals surface area contributed by atoms with Gasteiger partial charge in [-0.25, -0.2) is 4.57 Å². The first-order valence-corrected chi connectivity index (χ1v) is 8.98. The second kappa shape index (κ2) is 5.76. The molecule has 1 heterocycles. The van der Waals surface area contributed by atoms with Crippen molar-refractivity contribution in [1.82, 2.24) is 0 Å². The Labute approximate surface area is 137 Å². The van der Waals surface area contributed by atoms with Gasteiger partial charge in [0.15, 0.2) is 17.6 Å². The summed E-state index contributed by atoms with van der Waals surface area (Å²) in [5.74, 6) is 1.19. The van der Waals surface area contributed by atoms with Crippen LogP contribution in [0, 0.1) is 0 Å². The molecule has 1 aliphatic rings. The van der Waals surface area contributed by atoms with Crippen LogP contribution in [0.4, 0.5) is 0 Å². The molecule has 0 saturated heterocycles. The zero-order valence-corrected chi connectivity index (χ0v) is 13.5. The molecule has 7 heteroatoms. The van der Waals surface area contributed by atoms with E-state index in [9.17, 15) is 4.57 Å². The van der Waals surface area contributed by atoms with E-state index in [0.29, 0.717) is 11.5 Å². The summed E-state index contributed by atoms with van der Waals surface area (Å²) in [6.07, 6.45) is -0.567. The van der Waals surface area contributed by atoms with Crippen LogP contribution in [0.3, 0.4) is 0 Å². The molecule has 3 aromatic rings. The van der Waals surface area contributed by atoms with Crippen LogP contribution in [0.15, 0.2) is 48.5 Å². The van der Waals surface area contributed by atoms with E-state index >= 15 is 0 Å². The Bertz CT molecular complexity index is 964.